The predicted octanol–water partition coefficient (Wildman–Crippen LogP) is -0.725. The summed E-state index contributed by atoms with van der Waals surface area (Å²) < 4.78 is 10.2. The highest BCUT2D eigenvalue weighted by Gasteiger charge is 2.52. The molecule has 0 saturated carbocycles. The number of nitrogens with zero attached hydrogens (tertiary/aromatic N) is 1. The minimum absolute atomic E-state index is 0.123. The van der Waals surface area contributed by atoms with E-state index in [2.05, 4.69) is 26.7 Å². The number of hydrogen-bond acceptors (Lipinski definition) is 11. The number of alkyl carbamates (subject to hydrolysis) is 1. The van der Waals surface area contributed by atoms with Crippen molar-refractivity contribution in [2.45, 2.75) is 76.6 Å². The first-order valence-corrected chi connectivity index (χ1v) is 16.9. The molecule has 0 radical (unpaired) electrons. The number of amides is 6. The minimum atomic E-state index is -1.78. The first kappa shape index (κ1) is 42.8. The van der Waals surface area contributed by atoms with Crippen molar-refractivity contribution in [3.63, 3.8) is 0 Å². The Labute approximate surface area is 313 Å². The van der Waals surface area contributed by atoms with Gasteiger partial charge in [-0.05, 0) is 23.5 Å². The van der Waals surface area contributed by atoms with Crippen molar-refractivity contribution in [1.82, 2.24) is 31.7 Å². The van der Waals surface area contributed by atoms with Gasteiger partial charge in [0.1, 0.15) is 31.3 Å². The van der Waals surface area contributed by atoms with Gasteiger partial charge in [-0.1, -0.05) is 74.5 Å². The Kier molecular flexibility index (Phi) is 16.1. The van der Waals surface area contributed by atoms with Crippen molar-refractivity contribution < 1.29 is 67.9 Å². The van der Waals surface area contributed by atoms with Gasteiger partial charge in [0.15, 0.2) is 12.2 Å². The zero-order chi connectivity index (χ0) is 40.7. The molecule has 55 heavy (non-hydrogen) atoms. The van der Waals surface area contributed by atoms with Gasteiger partial charge in [0.2, 0.25) is 11.8 Å². The molecule has 0 aromatic heterocycles. The first-order chi connectivity index (χ1) is 26.0. The maximum Gasteiger partial charge on any atom is 0.408 e. The van der Waals surface area contributed by atoms with Crippen LogP contribution in [-0.2, 0) is 61.0 Å². The molecule has 8 N–H and O–H groups in total. The molecular weight excluding hydrogens is 728 g/mol. The summed E-state index contributed by atoms with van der Waals surface area (Å²) in [6.07, 6.45) is -6.03. The van der Waals surface area contributed by atoms with E-state index < -0.39 is 116 Å². The Hall–Kier alpha value is -6.57. The standard InChI is InChI=1S/C35H42N6O14/c1-19(2)27(32(50)40-41(17-26(46)47)34(52)29-28(55-29)33(51)36-16-20-9-5-3-6-10-20)39-30(48)22(13-14-24(42)43)37-31(49)23(15-25(44)45)38-35(53)54-18-21-11-7-4-8-12-21/h3-12,19,22-23,27-29H,13-18H2,1-2H3,(H,36,51)(H,37,49)(H,38,53)(H,39,48)(H,40,50)(H,42,43)(H,44,45)(H,46,47)/t22?,23?,27?,28-,29-/m1/s1. The number of carbonyl (C=O) groups is 9. The van der Waals surface area contributed by atoms with Gasteiger partial charge >= 0.3 is 24.0 Å². The highest BCUT2D eigenvalue weighted by molar-refractivity contribution is 5.98. The zero-order valence-electron chi connectivity index (χ0n) is 29.8. The quantitative estimate of drug-likeness (QED) is 0.0609. The van der Waals surface area contributed by atoms with Gasteiger partial charge in [0.25, 0.3) is 17.7 Å². The third kappa shape index (κ3) is 14.4. The molecule has 20 nitrogen and oxygen atoms in total. The predicted molar refractivity (Wildman–Crippen MR) is 186 cm³/mol. The Bertz CT molecular complexity index is 1720. The number of benzene rings is 2. The van der Waals surface area contributed by atoms with E-state index in [0.717, 1.165) is 5.56 Å². The number of hydrazine groups is 1. The third-order valence-electron chi connectivity index (χ3n) is 7.83. The number of hydrogen-bond donors (Lipinski definition) is 8. The lowest BCUT2D eigenvalue weighted by Crippen LogP contribution is -2.60. The number of rotatable bonds is 20. The van der Waals surface area contributed by atoms with Gasteiger partial charge in [-0.25, -0.2) is 9.80 Å². The average Bonchev–Trinajstić information content (AvgIpc) is 3.94. The molecule has 20 heteroatoms. The smallest absolute Gasteiger partial charge is 0.408 e. The topological polar surface area (TPSA) is 299 Å². The van der Waals surface area contributed by atoms with E-state index in [4.69, 9.17) is 9.47 Å². The maximum absolute atomic E-state index is 13.5. The molecule has 0 aliphatic carbocycles. The molecule has 1 aliphatic rings. The molecule has 3 rings (SSSR count). The normalized spacial score (nSPS) is 15.9. The Balaban J connectivity index is 1.68. The summed E-state index contributed by atoms with van der Waals surface area (Å²) in [6.45, 7) is 1.79. The molecule has 1 aliphatic heterocycles. The van der Waals surface area contributed by atoms with Crippen LogP contribution in [0.25, 0.3) is 0 Å². The van der Waals surface area contributed by atoms with Crippen LogP contribution in [0.2, 0.25) is 0 Å². The van der Waals surface area contributed by atoms with E-state index in [9.17, 15) is 58.5 Å². The largest absolute Gasteiger partial charge is 0.481 e. The van der Waals surface area contributed by atoms with E-state index in [-0.39, 0.29) is 13.2 Å². The van der Waals surface area contributed by atoms with Gasteiger partial charge in [-0.2, -0.15) is 0 Å². The third-order valence-corrected chi connectivity index (χ3v) is 7.83. The van der Waals surface area contributed by atoms with E-state index in [1.54, 1.807) is 60.7 Å². The van der Waals surface area contributed by atoms with Crippen LogP contribution in [-0.4, -0.2) is 111 Å². The van der Waals surface area contributed by atoms with Crippen LogP contribution in [0.1, 0.15) is 44.2 Å². The summed E-state index contributed by atoms with van der Waals surface area (Å²) in [5, 5.41) is 37.7. The molecule has 1 saturated heterocycles. The Morgan fingerprint density at radius 1 is 0.727 bits per heavy atom. The van der Waals surface area contributed by atoms with E-state index in [1.165, 1.54) is 13.8 Å². The second-order valence-corrected chi connectivity index (χ2v) is 12.6. The van der Waals surface area contributed by atoms with Crippen LogP contribution in [0.5, 0.6) is 0 Å². The molecule has 296 valence electrons. The van der Waals surface area contributed by atoms with Crippen LogP contribution in [0.15, 0.2) is 60.7 Å². The summed E-state index contributed by atoms with van der Waals surface area (Å²) in [4.78, 5) is 113. The fraction of sp³-hybridized carbons (Fsp3) is 0.400. The molecule has 2 aromatic rings. The molecule has 5 atom stereocenters. The molecule has 1 heterocycles. The zero-order valence-corrected chi connectivity index (χ0v) is 29.8. The van der Waals surface area contributed by atoms with Crippen LogP contribution in [0.3, 0.4) is 0 Å². The molecule has 0 spiro atoms. The van der Waals surface area contributed by atoms with Crippen molar-refractivity contribution in [3.05, 3.63) is 71.8 Å². The summed E-state index contributed by atoms with van der Waals surface area (Å²) in [7, 11) is 0. The van der Waals surface area contributed by atoms with Gasteiger partial charge in [-0.3, -0.25) is 43.8 Å². The SMILES string of the molecule is CC(C)C(NC(=O)C(CCC(=O)O)NC(=O)C(CC(=O)O)NC(=O)OCc1ccccc1)C(=O)NN(CC(=O)O)C(=O)[C@@H]1O[C@H]1C(=O)NCc1ccccc1. The lowest BCUT2D eigenvalue weighted by molar-refractivity contribution is -0.151. The fourth-order valence-corrected chi connectivity index (χ4v) is 4.94. The second kappa shape index (κ2) is 20.6. The summed E-state index contributed by atoms with van der Waals surface area (Å²) in [5.41, 5.74) is 3.47. The number of ether oxygens (including phenoxy) is 2. The number of nitrogens with one attached hydrogen (secondary N) is 5. The van der Waals surface area contributed by atoms with Crippen LogP contribution in [0, 0.1) is 5.92 Å². The van der Waals surface area contributed by atoms with Crippen molar-refractivity contribution in [3.8, 4) is 0 Å². The number of carbonyl (C=O) groups excluding carboxylic acids is 6. The van der Waals surface area contributed by atoms with Gasteiger partial charge in [0, 0.05) is 13.0 Å². The molecule has 0 bridgehead atoms. The maximum atomic E-state index is 13.5. The van der Waals surface area contributed by atoms with E-state index >= 15 is 0 Å². The second-order valence-electron chi connectivity index (χ2n) is 12.6. The Morgan fingerprint density at radius 2 is 1.33 bits per heavy atom. The Morgan fingerprint density at radius 3 is 1.89 bits per heavy atom. The van der Waals surface area contributed by atoms with Crippen LogP contribution in [0.4, 0.5) is 4.79 Å². The van der Waals surface area contributed by atoms with Gasteiger partial charge < -0.3 is 46.1 Å². The van der Waals surface area contributed by atoms with Crippen molar-refractivity contribution in [1.29, 1.82) is 0 Å². The summed E-state index contributed by atoms with van der Waals surface area (Å²) in [5.74, 6) is -10.3. The van der Waals surface area contributed by atoms with Crippen molar-refractivity contribution >= 4 is 53.5 Å². The number of aliphatic carboxylic acids is 3. The lowest BCUT2D eigenvalue weighted by atomic mass is 10.0. The van der Waals surface area contributed by atoms with Gasteiger partial charge in [0.05, 0.1) is 6.42 Å². The number of carboxylic acid groups (broad SMARTS) is 3. The van der Waals surface area contributed by atoms with Gasteiger partial charge in [-0.15, -0.1) is 0 Å². The van der Waals surface area contributed by atoms with Crippen LogP contribution >= 0.6 is 0 Å². The monoisotopic (exact) mass is 770 g/mol. The summed E-state index contributed by atoms with van der Waals surface area (Å²) in [6, 6.07) is 12.2. The highest BCUT2D eigenvalue weighted by atomic mass is 16.6. The number of carboxylic acids is 3. The van der Waals surface area contributed by atoms with Crippen molar-refractivity contribution in [2.75, 3.05) is 6.54 Å². The lowest BCUT2D eigenvalue weighted by Gasteiger charge is -2.28. The summed E-state index contributed by atoms with van der Waals surface area (Å²) >= 11 is 0. The van der Waals surface area contributed by atoms with Crippen LogP contribution < -0.4 is 26.7 Å². The molecule has 1 fully saturated rings. The average molecular weight is 771 g/mol. The molecular formula is C35H42N6O14. The molecule has 2 aromatic carbocycles. The molecule has 6 amide bonds. The number of epoxide rings is 1. The minimum Gasteiger partial charge on any atom is -0.481 e. The first-order valence-electron chi connectivity index (χ1n) is 16.9. The van der Waals surface area contributed by atoms with E-state index in [0.29, 0.717) is 10.6 Å². The fourth-order valence-electron chi connectivity index (χ4n) is 4.94. The highest BCUT2D eigenvalue weighted by Crippen LogP contribution is 2.24. The van der Waals surface area contributed by atoms with E-state index in [1.807, 2.05) is 0 Å². The molecule has 3 unspecified atom stereocenters. The van der Waals surface area contributed by atoms with Crippen molar-refractivity contribution in [2.24, 2.45) is 5.92 Å².